The van der Waals surface area contributed by atoms with Gasteiger partial charge in [-0.3, -0.25) is 33.6 Å². The summed E-state index contributed by atoms with van der Waals surface area (Å²) in [6.07, 6.45) is -0.661. The zero-order chi connectivity index (χ0) is 36.7. The van der Waals surface area contributed by atoms with Crippen LogP contribution in [0.5, 0.6) is 5.75 Å². The quantitative estimate of drug-likeness (QED) is 0.0718. The van der Waals surface area contributed by atoms with Crippen LogP contribution in [0.1, 0.15) is 59.4 Å². The molecule has 268 valence electrons. The third kappa shape index (κ3) is 14.7. The summed E-state index contributed by atoms with van der Waals surface area (Å²) in [5.74, 6) is -5.75. The highest BCUT2D eigenvalue weighted by Crippen LogP contribution is 2.12. The zero-order valence-corrected chi connectivity index (χ0v) is 28.6. The number of thiol groups is 1. The van der Waals surface area contributed by atoms with E-state index < -0.39 is 89.9 Å². The number of aliphatic carboxylic acids is 1. The minimum absolute atomic E-state index is 0.0296. The number of carbonyl (C=O) groups excluding carboxylic acids is 6. The second-order valence-electron chi connectivity index (χ2n) is 12.2. The van der Waals surface area contributed by atoms with Gasteiger partial charge in [0.05, 0.1) is 12.6 Å². The van der Waals surface area contributed by atoms with E-state index in [0.29, 0.717) is 5.56 Å². The lowest BCUT2D eigenvalue weighted by Gasteiger charge is -2.27. The van der Waals surface area contributed by atoms with Crippen LogP contribution in [0.2, 0.25) is 0 Å². The summed E-state index contributed by atoms with van der Waals surface area (Å²) >= 11 is 3.82. The fourth-order valence-corrected chi connectivity index (χ4v) is 4.77. The highest BCUT2D eigenvalue weighted by atomic mass is 32.1. The highest BCUT2D eigenvalue weighted by molar-refractivity contribution is 7.96. The van der Waals surface area contributed by atoms with E-state index in [1.807, 2.05) is 0 Å². The molecule has 1 aromatic rings. The van der Waals surface area contributed by atoms with Crippen molar-refractivity contribution in [1.29, 1.82) is 0 Å². The van der Waals surface area contributed by atoms with Crippen LogP contribution in [-0.4, -0.2) is 98.8 Å². The number of phenols is 1. The Kier molecular flexibility index (Phi) is 17.6. The summed E-state index contributed by atoms with van der Waals surface area (Å²) in [6.45, 7) is 7.44. The Morgan fingerprint density at radius 2 is 1.27 bits per heavy atom. The van der Waals surface area contributed by atoms with E-state index in [0.717, 1.165) is 0 Å². The lowest BCUT2D eigenvalue weighted by atomic mass is 10.00. The van der Waals surface area contributed by atoms with Gasteiger partial charge in [-0.05, 0) is 55.7 Å². The Bertz CT molecular complexity index is 1290. The van der Waals surface area contributed by atoms with Gasteiger partial charge in [-0.2, -0.15) is 0 Å². The number of nitrogens with one attached hydrogen (secondary N) is 5. The van der Waals surface area contributed by atoms with Gasteiger partial charge >= 0.3 is 5.97 Å². The third-order valence-corrected chi connectivity index (χ3v) is 7.42. The first-order valence-corrected chi connectivity index (χ1v) is 15.9. The number of aliphatic hydroxyl groups is 1. The van der Waals surface area contributed by atoms with Crippen LogP contribution in [0.25, 0.3) is 0 Å². The predicted molar refractivity (Wildman–Crippen MR) is 177 cm³/mol. The number of amides is 5. The van der Waals surface area contributed by atoms with Crippen LogP contribution in [0, 0.1) is 11.8 Å². The van der Waals surface area contributed by atoms with Crippen molar-refractivity contribution in [3.63, 3.8) is 0 Å². The molecule has 48 heavy (non-hydrogen) atoms. The number of benzene rings is 1. The molecule has 0 aromatic heterocycles. The summed E-state index contributed by atoms with van der Waals surface area (Å²) in [6, 6.07) is -1.45. The van der Waals surface area contributed by atoms with Crippen molar-refractivity contribution in [3.05, 3.63) is 29.8 Å². The third-order valence-electron chi connectivity index (χ3n) is 7.15. The van der Waals surface area contributed by atoms with E-state index in [2.05, 4.69) is 39.2 Å². The summed E-state index contributed by atoms with van der Waals surface area (Å²) in [5.41, 5.74) is 6.56. The normalized spacial score (nSPS) is 14.9. The van der Waals surface area contributed by atoms with Gasteiger partial charge in [-0.15, -0.1) is 12.6 Å². The zero-order valence-electron chi connectivity index (χ0n) is 27.7. The van der Waals surface area contributed by atoms with Gasteiger partial charge in [0.2, 0.25) is 34.7 Å². The molecule has 5 amide bonds. The molecule has 10 N–H and O–H groups in total. The van der Waals surface area contributed by atoms with E-state index in [4.69, 9.17) is 5.73 Å². The standard InChI is InChI=1S/C31H48N6O10S/c1-15(2)12-22(29(45)37-25(16(3)4)31(47)48)35-28(44)21(10-11-24(40)41)34-26(42)17(5)33-30(46)23(14-38)36-27(43)20(32)13-18-6-8-19(39)9-7-18/h6-9,15-17,20-23,25,38-39H,10-14,32H2,1-5H3,(H,33,46)(H,34,42)(H,35,44)(H,36,43)(H,37,45)(H,40,41)(H,47,48)/t17-,20-,21-,22-,23-,25-/m0/s1. The first kappa shape index (κ1) is 41.8. The van der Waals surface area contributed by atoms with E-state index in [1.165, 1.54) is 19.1 Å². The molecular formula is C31H48N6O10S. The van der Waals surface area contributed by atoms with Crippen molar-refractivity contribution >= 4 is 53.2 Å². The second kappa shape index (κ2) is 20.2. The number of carboxylic acids is 1. The maximum absolute atomic E-state index is 13.3. The van der Waals surface area contributed by atoms with Crippen molar-refractivity contribution in [2.45, 2.75) is 96.6 Å². The van der Waals surface area contributed by atoms with Crippen molar-refractivity contribution in [2.75, 3.05) is 6.61 Å². The van der Waals surface area contributed by atoms with Gasteiger partial charge in [0.15, 0.2) is 0 Å². The molecule has 1 aromatic carbocycles. The molecule has 6 atom stereocenters. The van der Waals surface area contributed by atoms with Gasteiger partial charge in [0.25, 0.3) is 0 Å². The molecule has 0 aliphatic heterocycles. The lowest BCUT2D eigenvalue weighted by molar-refractivity contribution is -0.138. The summed E-state index contributed by atoms with van der Waals surface area (Å²) in [5, 5.41) is 39.9. The van der Waals surface area contributed by atoms with Gasteiger partial charge in [-0.25, -0.2) is 0 Å². The Morgan fingerprint density at radius 3 is 1.77 bits per heavy atom. The molecule has 0 saturated heterocycles. The molecule has 1 rings (SSSR count). The van der Waals surface area contributed by atoms with Crippen molar-refractivity contribution in [2.24, 2.45) is 17.6 Å². The molecule has 16 nitrogen and oxygen atoms in total. The molecule has 0 fully saturated rings. The van der Waals surface area contributed by atoms with Crippen LogP contribution in [-0.2, 0) is 40.0 Å². The minimum Gasteiger partial charge on any atom is -0.508 e. The number of phenolic OH excluding ortho intramolecular Hbond substituents is 1. The van der Waals surface area contributed by atoms with Gasteiger partial charge in [0.1, 0.15) is 36.0 Å². The molecule has 0 unspecified atom stereocenters. The van der Waals surface area contributed by atoms with Crippen LogP contribution in [0.15, 0.2) is 24.3 Å². The van der Waals surface area contributed by atoms with E-state index >= 15 is 0 Å². The number of hydrogen-bond donors (Lipinski definition) is 10. The fraction of sp³-hybridized carbons (Fsp3) is 0.581. The molecule has 0 heterocycles. The monoisotopic (exact) mass is 696 g/mol. The van der Waals surface area contributed by atoms with Crippen LogP contribution in [0.4, 0.5) is 0 Å². The summed E-state index contributed by atoms with van der Waals surface area (Å²) in [7, 11) is 0. The highest BCUT2D eigenvalue weighted by Gasteiger charge is 2.32. The first-order valence-electron chi connectivity index (χ1n) is 15.5. The predicted octanol–water partition coefficient (Wildman–Crippen LogP) is -1.28. The largest absolute Gasteiger partial charge is 0.508 e. The second-order valence-corrected chi connectivity index (χ2v) is 12.6. The molecule has 17 heteroatoms. The lowest BCUT2D eigenvalue weighted by Crippen LogP contribution is -2.59. The molecule has 0 bridgehead atoms. The minimum atomic E-state index is -1.49. The molecule has 0 aliphatic rings. The fourth-order valence-electron chi connectivity index (χ4n) is 4.41. The topological polar surface area (TPSA) is 266 Å². The van der Waals surface area contributed by atoms with Gasteiger partial charge in [0, 0.05) is 6.42 Å². The molecule has 0 aliphatic carbocycles. The molecule has 0 spiro atoms. The molecule has 0 saturated carbocycles. The smallest absolute Gasteiger partial charge is 0.303 e. The van der Waals surface area contributed by atoms with Crippen molar-refractivity contribution < 1.29 is 48.9 Å². The Labute approximate surface area is 284 Å². The average Bonchev–Trinajstić information content (AvgIpc) is 2.99. The van der Waals surface area contributed by atoms with Gasteiger partial charge < -0.3 is 47.6 Å². The van der Waals surface area contributed by atoms with Crippen LogP contribution < -0.4 is 32.3 Å². The number of carbonyl (C=O) groups is 7. The summed E-state index contributed by atoms with van der Waals surface area (Å²) in [4.78, 5) is 88.0. The Morgan fingerprint density at radius 1 is 0.750 bits per heavy atom. The Balaban J connectivity index is 2.96. The van der Waals surface area contributed by atoms with E-state index in [1.54, 1.807) is 39.8 Å². The number of rotatable bonds is 20. The average molecular weight is 697 g/mol. The van der Waals surface area contributed by atoms with Crippen LogP contribution >= 0.6 is 12.6 Å². The van der Waals surface area contributed by atoms with E-state index in [-0.39, 0.29) is 36.8 Å². The van der Waals surface area contributed by atoms with Crippen LogP contribution in [0.3, 0.4) is 0 Å². The number of aliphatic hydroxyl groups excluding tert-OH is 1. The van der Waals surface area contributed by atoms with E-state index in [9.17, 15) is 48.9 Å². The number of aromatic hydroxyl groups is 1. The Hall–Kier alpha value is -4.22. The maximum atomic E-state index is 13.3. The number of carboxylic acid groups (broad SMARTS) is 1. The first-order chi connectivity index (χ1) is 22.4. The van der Waals surface area contributed by atoms with Crippen molar-refractivity contribution in [1.82, 2.24) is 26.6 Å². The number of hydrogen-bond acceptors (Lipinski definition) is 10. The maximum Gasteiger partial charge on any atom is 0.303 e. The molecular weight excluding hydrogens is 648 g/mol. The van der Waals surface area contributed by atoms with Crippen molar-refractivity contribution in [3.8, 4) is 5.75 Å². The van der Waals surface area contributed by atoms with Gasteiger partial charge in [-0.1, -0.05) is 39.8 Å². The number of nitrogens with two attached hydrogens (primary N) is 1. The summed E-state index contributed by atoms with van der Waals surface area (Å²) < 4.78 is 0. The SMILES string of the molecule is CC(C)C[C@H](NC(=O)[C@H](CCC(=O)O)NC(=O)[C@H](C)NC(=O)[C@H](CO)NC(=O)[C@@H](N)Cc1ccc(O)cc1)C(=O)N[C@H](C(=O)S)C(C)C. The molecule has 0 radical (unpaired) electrons.